The minimum Gasteiger partial charge on any atom is -0.350 e. The topological polar surface area (TPSA) is 59.0 Å². The van der Waals surface area contributed by atoms with Gasteiger partial charge in [0.1, 0.15) is 0 Å². The fraction of sp³-hybridized carbons (Fsp3) is 0.733. The summed E-state index contributed by atoms with van der Waals surface area (Å²) >= 11 is 0. The van der Waals surface area contributed by atoms with Crippen LogP contribution in [-0.2, 0) is 11.3 Å². The lowest BCUT2D eigenvalue weighted by atomic mass is 9.86. The highest BCUT2D eigenvalue weighted by Gasteiger charge is 2.33. The van der Waals surface area contributed by atoms with E-state index in [1.165, 1.54) is 0 Å². The molecule has 1 aromatic rings. The van der Waals surface area contributed by atoms with Crippen LogP contribution < -0.4 is 10.6 Å². The number of nitrogens with one attached hydrogen (secondary N) is 2. The summed E-state index contributed by atoms with van der Waals surface area (Å²) in [5.74, 6) is 0.527. The number of carbonyl (C=O) groups excluding carboxylic acids is 1. The fourth-order valence-corrected chi connectivity index (χ4v) is 2.59. The van der Waals surface area contributed by atoms with Crippen LogP contribution in [0.1, 0.15) is 34.1 Å². The lowest BCUT2D eigenvalue weighted by Crippen LogP contribution is -2.52. The molecule has 1 aliphatic rings. The van der Waals surface area contributed by atoms with Crippen LogP contribution in [0.2, 0.25) is 0 Å². The van der Waals surface area contributed by atoms with Gasteiger partial charge in [-0.1, -0.05) is 27.7 Å². The van der Waals surface area contributed by atoms with Crippen molar-refractivity contribution < 1.29 is 4.79 Å². The van der Waals surface area contributed by atoms with Gasteiger partial charge in [0, 0.05) is 18.9 Å². The van der Waals surface area contributed by atoms with Crippen molar-refractivity contribution in [2.75, 3.05) is 6.54 Å². The SMILES string of the molecule is CC1CCNC1C(=O)NC(Cn1ccnc1)C(C)(C)C. The van der Waals surface area contributed by atoms with Crippen LogP contribution >= 0.6 is 0 Å². The van der Waals surface area contributed by atoms with E-state index in [-0.39, 0.29) is 23.4 Å². The van der Waals surface area contributed by atoms with Gasteiger partial charge in [-0.25, -0.2) is 4.98 Å². The van der Waals surface area contributed by atoms with Crippen LogP contribution in [0.5, 0.6) is 0 Å². The smallest absolute Gasteiger partial charge is 0.237 e. The van der Waals surface area contributed by atoms with E-state index in [9.17, 15) is 4.79 Å². The molecule has 2 rings (SSSR count). The normalized spacial score (nSPS) is 24.6. The van der Waals surface area contributed by atoms with Crippen LogP contribution in [0.15, 0.2) is 18.7 Å². The minimum absolute atomic E-state index is 0.00176. The summed E-state index contributed by atoms with van der Waals surface area (Å²) in [6.07, 6.45) is 6.56. The number of aromatic nitrogens is 2. The number of hydrogen-bond donors (Lipinski definition) is 2. The number of nitrogens with zero attached hydrogens (tertiary/aromatic N) is 2. The third kappa shape index (κ3) is 3.60. The molecule has 5 heteroatoms. The Labute approximate surface area is 121 Å². The predicted octanol–water partition coefficient (Wildman–Crippen LogP) is 1.41. The van der Waals surface area contributed by atoms with Crippen molar-refractivity contribution >= 4 is 5.91 Å². The summed E-state index contributed by atoms with van der Waals surface area (Å²) in [5, 5.41) is 6.51. The average Bonchev–Trinajstić information content (AvgIpc) is 2.98. The Hall–Kier alpha value is -1.36. The third-order valence-corrected chi connectivity index (χ3v) is 4.13. The highest BCUT2D eigenvalue weighted by molar-refractivity contribution is 5.82. The molecular formula is C15H26N4O. The average molecular weight is 278 g/mol. The van der Waals surface area contributed by atoms with E-state index in [0.717, 1.165) is 19.5 Å². The van der Waals surface area contributed by atoms with Gasteiger partial charge in [0.15, 0.2) is 0 Å². The molecule has 0 aromatic carbocycles. The van der Waals surface area contributed by atoms with E-state index in [0.29, 0.717) is 5.92 Å². The maximum atomic E-state index is 12.4. The van der Waals surface area contributed by atoms with Crippen molar-refractivity contribution in [1.29, 1.82) is 0 Å². The molecule has 5 nitrogen and oxygen atoms in total. The molecule has 0 aliphatic carbocycles. The molecule has 0 saturated carbocycles. The third-order valence-electron chi connectivity index (χ3n) is 4.13. The van der Waals surface area contributed by atoms with Crippen molar-refractivity contribution in [3.63, 3.8) is 0 Å². The first kappa shape index (κ1) is 15.0. The molecule has 20 heavy (non-hydrogen) atoms. The highest BCUT2D eigenvalue weighted by atomic mass is 16.2. The van der Waals surface area contributed by atoms with Gasteiger partial charge in [0.25, 0.3) is 0 Å². The van der Waals surface area contributed by atoms with Gasteiger partial charge >= 0.3 is 0 Å². The largest absolute Gasteiger partial charge is 0.350 e. The summed E-state index contributed by atoms with van der Waals surface area (Å²) in [5.41, 5.74) is 0.00176. The zero-order valence-corrected chi connectivity index (χ0v) is 12.9. The van der Waals surface area contributed by atoms with E-state index in [2.05, 4.69) is 43.3 Å². The van der Waals surface area contributed by atoms with Crippen LogP contribution in [0.3, 0.4) is 0 Å². The first-order chi connectivity index (χ1) is 9.38. The second-order valence-electron chi connectivity index (χ2n) is 6.88. The molecule has 2 heterocycles. The first-order valence-corrected chi connectivity index (χ1v) is 7.37. The van der Waals surface area contributed by atoms with Gasteiger partial charge in [-0.05, 0) is 24.3 Å². The molecule has 0 spiro atoms. The monoisotopic (exact) mass is 278 g/mol. The maximum Gasteiger partial charge on any atom is 0.237 e. The number of hydrogen-bond acceptors (Lipinski definition) is 3. The Morgan fingerprint density at radius 3 is 2.80 bits per heavy atom. The van der Waals surface area contributed by atoms with Crippen molar-refractivity contribution in [2.45, 2.75) is 52.7 Å². The summed E-state index contributed by atoms with van der Waals surface area (Å²) in [6, 6.07) is 0.0291. The molecular weight excluding hydrogens is 252 g/mol. The number of rotatable bonds is 4. The standard InChI is InChI=1S/C15H26N4O/c1-11-5-6-17-13(11)14(20)18-12(15(2,3)4)9-19-8-7-16-10-19/h7-8,10-13,17H,5-6,9H2,1-4H3,(H,18,20). The molecule has 0 bridgehead atoms. The minimum atomic E-state index is -0.0531. The number of carbonyl (C=O) groups is 1. The van der Waals surface area contributed by atoms with E-state index in [1.807, 2.05) is 10.8 Å². The summed E-state index contributed by atoms with van der Waals surface area (Å²) in [6.45, 7) is 10.3. The number of amides is 1. The molecule has 1 aliphatic heterocycles. The zero-order chi connectivity index (χ0) is 14.8. The van der Waals surface area contributed by atoms with Crippen molar-refractivity contribution in [1.82, 2.24) is 20.2 Å². The van der Waals surface area contributed by atoms with Crippen molar-refractivity contribution in [2.24, 2.45) is 11.3 Å². The van der Waals surface area contributed by atoms with Crippen molar-refractivity contribution in [3.8, 4) is 0 Å². The second-order valence-corrected chi connectivity index (χ2v) is 6.88. The van der Waals surface area contributed by atoms with Gasteiger partial charge in [0.05, 0.1) is 18.4 Å². The van der Waals surface area contributed by atoms with Gasteiger partial charge in [-0.2, -0.15) is 0 Å². The summed E-state index contributed by atoms with van der Waals surface area (Å²) in [4.78, 5) is 16.5. The molecule has 3 atom stereocenters. The lowest BCUT2D eigenvalue weighted by Gasteiger charge is -2.33. The van der Waals surface area contributed by atoms with Gasteiger partial charge in [0.2, 0.25) is 5.91 Å². The van der Waals surface area contributed by atoms with E-state index in [1.54, 1.807) is 12.5 Å². The lowest BCUT2D eigenvalue weighted by molar-refractivity contribution is -0.125. The van der Waals surface area contributed by atoms with Gasteiger partial charge in [-0.3, -0.25) is 4.79 Å². The molecule has 1 fully saturated rings. The molecule has 0 radical (unpaired) electrons. The quantitative estimate of drug-likeness (QED) is 0.875. The highest BCUT2D eigenvalue weighted by Crippen LogP contribution is 2.22. The Balaban J connectivity index is 2.02. The summed E-state index contributed by atoms with van der Waals surface area (Å²) in [7, 11) is 0. The van der Waals surface area contributed by atoms with Gasteiger partial charge in [-0.15, -0.1) is 0 Å². The van der Waals surface area contributed by atoms with Crippen molar-refractivity contribution in [3.05, 3.63) is 18.7 Å². The second kappa shape index (κ2) is 5.95. The summed E-state index contributed by atoms with van der Waals surface area (Å²) < 4.78 is 2.02. The fourth-order valence-electron chi connectivity index (χ4n) is 2.59. The number of imidazole rings is 1. The van der Waals surface area contributed by atoms with E-state index >= 15 is 0 Å². The van der Waals surface area contributed by atoms with Crippen LogP contribution in [0.4, 0.5) is 0 Å². The molecule has 1 saturated heterocycles. The molecule has 3 unspecified atom stereocenters. The molecule has 1 amide bonds. The van der Waals surface area contributed by atoms with Crippen LogP contribution in [0, 0.1) is 11.3 Å². The van der Waals surface area contributed by atoms with Crippen LogP contribution in [-0.4, -0.2) is 34.1 Å². The van der Waals surface area contributed by atoms with Crippen LogP contribution in [0.25, 0.3) is 0 Å². The van der Waals surface area contributed by atoms with E-state index in [4.69, 9.17) is 0 Å². The Morgan fingerprint density at radius 2 is 2.30 bits per heavy atom. The predicted molar refractivity (Wildman–Crippen MR) is 79.2 cm³/mol. The van der Waals surface area contributed by atoms with E-state index < -0.39 is 0 Å². The Kier molecular flexibility index (Phi) is 4.48. The molecule has 112 valence electrons. The maximum absolute atomic E-state index is 12.4. The molecule has 1 aromatic heterocycles. The molecule has 2 N–H and O–H groups in total. The first-order valence-electron chi connectivity index (χ1n) is 7.37. The van der Waals surface area contributed by atoms with Gasteiger partial charge < -0.3 is 15.2 Å². The Bertz CT molecular complexity index is 435. The zero-order valence-electron chi connectivity index (χ0n) is 12.9. The Morgan fingerprint density at radius 1 is 1.55 bits per heavy atom.